The van der Waals surface area contributed by atoms with Crippen molar-refractivity contribution in [3.8, 4) is 0 Å². The van der Waals surface area contributed by atoms with Gasteiger partial charge in [0.15, 0.2) is 0 Å². The van der Waals surface area contributed by atoms with Gasteiger partial charge in [-0.3, -0.25) is 10.1 Å². The molecule has 0 aliphatic carbocycles. The molecule has 23 heavy (non-hydrogen) atoms. The molecule has 0 unspecified atom stereocenters. The van der Waals surface area contributed by atoms with Crippen molar-refractivity contribution in [2.24, 2.45) is 5.73 Å². The number of rotatable bonds is 8. The summed E-state index contributed by atoms with van der Waals surface area (Å²) in [4.78, 5) is 11.8. The van der Waals surface area contributed by atoms with Crippen molar-refractivity contribution in [1.82, 2.24) is 5.32 Å². The molecule has 122 valence electrons. The Balaban J connectivity index is 2.08. The highest BCUT2D eigenvalue weighted by atomic mass is 16.5. The lowest BCUT2D eigenvalue weighted by Crippen LogP contribution is -2.33. The molecule has 1 amide bonds. The molecule has 1 atom stereocenters. The van der Waals surface area contributed by atoms with Gasteiger partial charge in [-0.05, 0) is 30.5 Å². The van der Waals surface area contributed by atoms with Crippen LogP contribution in [-0.4, -0.2) is 12.0 Å². The molecular weight excluding hydrogens is 288 g/mol. The fourth-order valence-corrected chi connectivity index (χ4v) is 2.37. The summed E-state index contributed by atoms with van der Waals surface area (Å²) in [7, 11) is 0. The highest BCUT2D eigenvalue weighted by Gasteiger charge is 2.17. The molecule has 2 rings (SSSR count). The van der Waals surface area contributed by atoms with Gasteiger partial charge in [-0.15, -0.1) is 0 Å². The van der Waals surface area contributed by atoms with E-state index in [2.05, 4.69) is 5.32 Å². The summed E-state index contributed by atoms with van der Waals surface area (Å²) in [6.45, 7) is 5.14. The Morgan fingerprint density at radius 2 is 1.65 bits per heavy atom. The molecule has 0 spiro atoms. The third-order valence-corrected chi connectivity index (χ3v) is 3.60. The van der Waals surface area contributed by atoms with E-state index in [0.717, 1.165) is 16.7 Å². The summed E-state index contributed by atoms with van der Waals surface area (Å²) in [5.74, 6) is -0.382. The van der Waals surface area contributed by atoms with Crippen LogP contribution in [0, 0.1) is 0 Å². The van der Waals surface area contributed by atoms with Crippen molar-refractivity contribution in [3.63, 3.8) is 0 Å². The molecule has 0 radical (unpaired) electrons. The highest BCUT2D eigenvalue weighted by Crippen LogP contribution is 2.16. The van der Waals surface area contributed by atoms with Gasteiger partial charge in [0.05, 0.1) is 12.7 Å². The van der Waals surface area contributed by atoms with Crippen LogP contribution in [0.1, 0.15) is 36.6 Å². The second-order valence-corrected chi connectivity index (χ2v) is 5.76. The first-order chi connectivity index (χ1) is 11.1. The van der Waals surface area contributed by atoms with Gasteiger partial charge in [-0.1, -0.05) is 54.6 Å². The smallest absolute Gasteiger partial charge is 0.239 e. The summed E-state index contributed by atoms with van der Waals surface area (Å²) in [6.07, 6.45) is 0.179. The van der Waals surface area contributed by atoms with Gasteiger partial charge in [0, 0.05) is 6.54 Å². The predicted octanol–water partition coefficient (Wildman–Crippen LogP) is 2.93. The van der Waals surface area contributed by atoms with Gasteiger partial charge in [0.25, 0.3) is 0 Å². The number of hydrogen-bond donors (Lipinski definition) is 2. The van der Waals surface area contributed by atoms with Crippen LogP contribution in [0.25, 0.3) is 0 Å². The van der Waals surface area contributed by atoms with Crippen LogP contribution in [0.4, 0.5) is 0 Å². The monoisotopic (exact) mass is 312 g/mol. The Hall–Kier alpha value is -2.17. The van der Waals surface area contributed by atoms with Crippen LogP contribution in [0.3, 0.4) is 0 Å². The molecule has 0 heterocycles. The molecule has 4 nitrogen and oxygen atoms in total. The topological polar surface area (TPSA) is 64.3 Å². The van der Waals surface area contributed by atoms with Gasteiger partial charge in [0.1, 0.15) is 6.04 Å². The van der Waals surface area contributed by atoms with Gasteiger partial charge >= 0.3 is 0 Å². The van der Waals surface area contributed by atoms with Crippen molar-refractivity contribution in [2.75, 3.05) is 0 Å². The Labute approximate surface area is 137 Å². The number of benzene rings is 2. The third-order valence-electron chi connectivity index (χ3n) is 3.60. The second kappa shape index (κ2) is 8.46. The molecule has 0 bridgehead atoms. The fraction of sp³-hybridized carbons (Fsp3) is 0.316. The number of primary amides is 1. The number of amides is 1. The summed E-state index contributed by atoms with van der Waals surface area (Å²) in [6, 6.07) is 17.1. The molecule has 0 aromatic heterocycles. The van der Waals surface area contributed by atoms with E-state index in [0.29, 0.717) is 13.2 Å². The lowest BCUT2D eigenvalue weighted by molar-refractivity contribution is -0.120. The number of nitrogens with two attached hydrogens (primary N) is 1. The summed E-state index contributed by atoms with van der Waals surface area (Å²) in [5.41, 5.74) is 8.64. The minimum absolute atomic E-state index is 0.179. The number of ether oxygens (including phenoxy) is 1. The van der Waals surface area contributed by atoms with Gasteiger partial charge < -0.3 is 10.5 Å². The zero-order valence-corrected chi connectivity index (χ0v) is 13.7. The van der Waals surface area contributed by atoms with Crippen molar-refractivity contribution in [2.45, 2.75) is 39.1 Å². The first-order valence-corrected chi connectivity index (χ1v) is 7.84. The highest BCUT2D eigenvalue weighted by molar-refractivity contribution is 5.81. The Bertz CT molecular complexity index is 626. The number of carbonyl (C=O) groups is 1. The third kappa shape index (κ3) is 5.20. The maximum atomic E-state index is 11.8. The van der Waals surface area contributed by atoms with Gasteiger partial charge in [0.2, 0.25) is 5.91 Å². The summed E-state index contributed by atoms with van der Waals surface area (Å²) in [5, 5.41) is 3.25. The minimum Gasteiger partial charge on any atom is -0.374 e. The molecule has 0 aliphatic rings. The molecule has 0 aliphatic heterocycles. The number of hydrogen-bond acceptors (Lipinski definition) is 3. The molecule has 0 saturated carbocycles. The van der Waals surface area contributed by atoms with Crippen LogP contribution < -0.4 is 11.1 Å². The van der Waals surface area contributed by atoms with E-state index in [1.807, 2.05) is 68.4 Å². The standard InChI is InChI=1S/C19H24N2O2/c1-14(2)23-13-17-11-7-6-10-16(17)12-21-18(19(20)22)15-8-4-3-5-9-15/h3-11,14,18,21H,12-13H2,1-2H3,(H2,20,22)/t18-/m1/s1. The zero-order valence-electron chi connectivity index (χ0n) is 13.7. The molecule has 2 aromatic rings. The lowest BCUT2D eigenvalue weighted by Gasteiger charge is -2.18. The molecule has 0 saturated heterocycles. The average molecular weight is 312 g/mol. The Morgan fingerprint density at radius 1 is 1.04 bits per heavy atom. The van der Waals surface area contributed by atoms with Gasteiger partial charge in [-0.25, -0.2) is 0 Å². The van der Waals surface area contributed by atoms with E-state index >= 15 is 0 Å². The normalized spacial score (nSPS) is 12.3. The first-order valence-electron chi connectivity index (χ1n) is 7.84. The maximum Gasteiger partial charge on any atom is 0.239 e. The summed E-state index contributed by atoms with van der Waals surface area (Å²) < 4.78 is 5.69. The average Bonchev–Trinajstić information content (AvgIpc) is 2.54. The number of carbonyl (C=O) groups excluding carboxylic acids is 1. The lowest BCUT2D eigenvalue weighted by atomic mass is 10.0. The first kappa shape index (κ1) is 17.2. The zero-order chi connectivity index (χ0) is 16.7. The predicted molar refractivity (Wildman–Crippen MR) is 91.6 cm³/mol. The maximum absolute atomic E-state index is 11.8. The van der Waals surface area contributed by atoms with Crippen molar-refractivity contribution in [3.05, 3.63) is 71.3 Å². The largest absolute Gasteiger partial charge is 0.374 e. The Kier molecular flexibility index (Phi) is 6.32. The van der Waals surface area contributed by atoms with Crippen molar-refractivity contribution < 1.29 is 9.53 Å². The van der Waals surface area contributed by atoms with Crippen molar-refractivity contribution in [1.29, 1.82) is 0 Å². The van der Waals surface area contributed by atoms with Crippen LogP contribution >= 0.6 is 0 Å². The van der Waals surface area contributed by atoms with E-state index in [-0.39, 0.29) is 12.0 Å². The van der Waals surface area contributed by atoms with Crippen LogP contribution in [0.2, 0.25) is 0 Å². The van der Waals surface area contributed by atoms with Crippen LogP contribution in [0.15, 0.2) is 54.6 Å². The molecule has 0 fully saturated rings. The van der Waals surface area contributed by atoms with Crippen molar-refractivity contribution >= 4 is 5.91 Å². The fourth-order valence-electron chi connectivity index (χ4n) is 2.37. The Morgan fingerprint density at radius 3 is 2.26 bits per heavy atom. The summed E-state index contributed by atoms with van der Waals surface area (Å²) >= 11 is 0. The van der Waals surface area contributed by atoms with Gasteiger partial charge in [-0.2, -0.15) is 0 Å². The van der Waals surface area contributed by atoms with E-state index < -0.39 is 6.04 Å². The van der Waals surface area contributed by atoms with E-state index in [4.69, 9.17) is 10.5 Å². The van der Waals surface area contributed by atoms with E-state index in [9.17, 15) is 4.79 Å². The number of nitrogens with one attached hydrogen (secondary N) is 1. The minimum atomic E-state index is -0.504. The van der Waals surface area contributed by atoms with E-state index in [1.54, 1.807) is 0 Å². The molecule has 3 N–H and O–H groups in total. The molecule has 4 heteroatoms. The quantitative estimate of drug-likeness (QED) is 0.787. The van der Waals surface area contributed by atoms with Crippen LogP contribution in [0.5, 0.6) is 0 Å². The van der Waals surface area contributed by atoms with E-state index in [1.165, 1.54) is 0 Å². The SMILES string of the molecule is CC(C)OCc1ccccc1CN[C@@H](C(N)=O)c1ccccc1. The molecular formula is C19H24N2O2. The molecule has 2 aromatic carbocycles. The second-order valence-electron chi connectivity index (χ2n) is 5.76. The van der Waals surface area contributed by atoms with Crippen LogP contribution in [-0.2, 0) is 22.7 Å².